The summed E-state index contributed by atoms with van der Waals surface area (Å²) in [6.07, 6.45) is 1.43. The molecule has 1 unspecified atom stereocenters. The number of carbonyl (C=O) groups is 1. The van der Waals surface area contributed by atoms with Gasteiger partial charge in [0.1, 0.15) is 11.5 Å². The molecule has 0 radical (unpaired) electrons. The average molecular weight is 304 g/mol. The van der Waals surface area contributed by atoms with E-state index in [1.165, 1.54) is 6.20 Å². The Hall–Kier alpha value is -1.01. The van der Waals surface area contributed by atoms with Crippen LogP contribution in [0.2, 0.25) is 5.02 Å². The second-order valence-corrected chi connectivity index (χ2v) is 6.54. The molecule has 19 heavy (non-hydrogen) atoms. The van der Waals surface area contributed by atoms with E-state index in [9.17, 15) is 9.00 Å². The minimum Gasteiger partial charge on any atom is -0.350 e. The molecule has 0 aliphatic heterocycles. The van der Waals surface area contributed by atoms with Gasteiger partial charge < -0.3 is 5.32 Å². The molecule has 0 aliphatic rings. The maximum Gasteiger partial charge on any atom is 0.271 e. The standard InChI is InChI=1S/C12H18ClN3O2S/c1-4-19(18)6-5-14-12(17)10-9(13)7-15-11(16-10)8(2)3/h7-8H,4-6H2,1-3H3,(H,14,17). The highest BCUT2D eigenvalue weighted by molar-refractivity contribution is 7.84. The van der Waals surface area contributed by atoms with Gasteiger partial charge in [-0.3, -0.25) is 9.00 Å². The molecule has 7 heteroatoms. The number of hydrogen-bond acceptors (Lipinski definition) is 4. The van der Waals surface area contributed by atoms with Gasteiger partial charge in [-0.1, -0.05) is 32.4 Å². The largest absolute Gasteiger partial charge is 0.350 e. The zero-order valence-electron chi connectivity index (χ0n) is 11.3. The highest BCUT2D eigenvalue weighted by Gasteiger charge is 2.15. The van der Waals surface area contributed by atoms with Gasteiger partial charge in [0, 0.05) is 34.8 Å². The molecule has 1 atom stereocenters. The van der Waals surface area contributed by atoms with Gasteiger partial charge in [-0.05, 0) is 0 Å². The van der Waals surface area contributed by atoms with E-state index < -0.39 is 10.8 Å². The van der Waals surface area contributed by atoms with Crippen LogP contribution in [0.1, 0.15) is 43.0 Å². The van der Waals surface area contributed by atoms with Gasteiger partial charge >= 0.3 is 0 Å². The fraction of sp³-hybridized carbons (Fsp3) is 0.583. The van der Waals surface area contributed by atoms with Gasteiger partial charge in [0.15, 0.2) is 0 Å². The van der Waals surface area contributed by atoms with Gasteiger partial charge in [-0.2, -0.15) is 0 Å². The Morgan fingerprint density at radius 2 is 2.21 bits per heavy atom. The molecular formula is C12H18ClN3O2S. The molecule has 1 aromatic rings. The fourth-order valence-electron chi connectivity index (χ4n) is 1.32. The SMILES string of the molecule is CCS(=O)CCNC(=O)c1nc(C(C)C)ncc1Cl. The van der Waals surface area contributed by atoms with Crippen molar-refractivity contribution in [3.8, 4) is 0 Å². The first-order valence-corrected chi connectivity index (χ1v) is 7.97. The van der Waals surface area contributed by atoms with Crippen molar-refractivity contribution < 1.29 is 9.00 Å². The van der Waals surface area contributed by atoms with Crippen LogP contribution in [0.3, 0.4) is 0 Å². The summed E-state index contributed by atoms with van der Waals surface area (Å²) in [4.78, 5) is 20.2. The third-order valence-electron chi connectivity index (χ3n) is 2.43. The third-order valence-corrected chi connectivity index (χ3v) is 4.01. The highest BCUT2D eigenvalue weighted by Crippen LogP contribution is 2.16. The van der Waals surface area contributed by atoms with Gasteiger partial charge in [-0.25, -0.2) is 9.97 Å². The molecule has 0 aromatic carbocycles. The lowest BCUT2D eigenvalue weighted by atomic mass is 10.2. The number of rotatable bonds is 6. The summed E-state index contributed by atoms with van der Waals surface area (Å²) < 4.78 is 11.2. The van der Waals surface area contributed by atoms with Crippen LogP contribution in [0, 0.1) is 0 Å². The molecule has 1 rings (SSSR count). The fourth-order valence-corrected chi connectivity index (χ4v) is 2.12. The van der Waals surface area contributed by atoms with Crippen molar-refractivity contribution in [1.29, 1.82) is 0 Å². The van der Waals surface area contributed by atoms with Crippen molar-refractivity contribution >= 4 is 28.3 Å². The van der Waals surface area contributed by atoms with Gasteiger partial charge in [-0.15, -0.1) is 0 Å². The topological polar surface area (TPSA) is 72.0 Å². The van der Waals surface area contributed by atoms with Crippen LogP contribution >= 0.6 is 11.6 Å². The van der Waals surface area contributed by atoms with E-state index in [1.54, 1.807) is 0 Å². The molecule has 1 aromatic heterocycles. The van der Waals surface area contributed by atoms with E-state index in [2.05, 4.69) is 15.3 Å². The molecule has 0 spiro atoms. The van der Waals surface area contributed by atoms with Crippen molar-refractivity contribution in [2.75, 3.05) is 18.1 Å². The zero-order valence-corrected chi connectivity index (χ0v) is 12.8. The van der Waals surface area contributed by atoms with Crippen molar-refractivity contribution in [2.45, 2.75) is 26.7 Å². The predicted octanol–water partition coefficient (Wildman–Crippen LogP) is 1.75. The molecule has 1 N–H and O–H groups in total. The summed E-state index contributed by atoms with van der Waals surface area (Å²) in [5.74, 6) is 1.36. The normalized spacial score (nSPS) is 12.5. The highest BCUT2D eigenvalue weighted by atomic mass is 35.5. The quantitative estimate of drug-likeness (QED) is 0.869. The van der Waals surface area contributed by atoms with Crippen LogP contribution in [-0.4, -0.2) is 38.1 Å². The summed E-state index contributed by atoms with van der Waals surface area (Å²) >= 11 is 5.92. The Morgan fingerprint density at radius 1 is 1.53 bits per heavy atom. The number of aromatic nitrogens is 2. The maximum absolute atomic E-state index is 11.9. The number of amides is 1. The van der Waals surface area contributed by atoms with E-state index in [1.807, 2.05) is 20.8 Å². The van der Waals surface area contributed by atoms with Crippen LogP contribution in [0.15, 0.2) is 6.20 Å². The summed E-state index contributed by atoms with van der Waals surface area (Å²) in [6, 6.07) is 0. The molecule has 0 aliphatic carbocycles. The Bertz CT molecular complexity index is 480. The van der Waals surface area contributed by atoms with Crippen LogP contribution in [0.25, 0.3) is 0 Å². The number of nitrogens with one attached hydrogen (secondary N) is 1. The van der Waals surface area contributed by atoms with Crippen LogP contribution in [-0.2, 0) is 10.8 Å². The van der Waals surface area contributed by atoms with Crippen LogP contribution < -0.4 is 5.32 Å². The summed E-state index contributed by atoms with van der Waals surface area (Å²) in [5, 5.41) is 2.89. The Labute approximate surface area is 120 Å². The first-order chi connectivity index (χ1) is 8.95. The van der Waals surface area contributed by atoms with E-state index in [0.29, 0.717) is 23.9 Å². The molecular weight excluding hydrogens is 286 g/mol. The molecule has 0 fully saturated rings. The molecule has 5 nitrogen and oxygen atoms in total. The summed E-state index contributed by atoms with van der Waals surface area (Å²) in [6.45, 7) is 6.06. The van der Waals surface area contributed by atoms with Crippen LogP contribution in [0.4, 0.5) is 0 Å². The monoisotopic (exact) mass is 303 g/mol. The van der Waals surface area contributed by atoms with E-state index in [0.717, 1.165) is 0 Å². The van der Waals surface area contributed by atoms with Crippen molar-refractivity contribution in [2.24, 2.45) is 0 Å². The smallest absolute Gasteiger partial charge is 0.271 e. The molecule has 0 saturated heterocycles. The molecule has 0 bridgehead atoms. The van der Waals surface area contributed by atoms with E-state index in [4.69, 9.17) is 11.6 Å². The minimum absolute atomic E-state index is 0.122. The van der Waals surface area contributed by atoms with Gasteiger partial charge in [0.25, 0.3) is 5.91 Å². The lowest BCUT2D eigenvalue weighted by Gasteiger charge is -2.08. The number of hydrogen-bond donors (Lipinski definition) is 1. The second-order valence-electron chi connectivity index (χ2n) is 4.27. The van der Waals surface area contributed by atoms with Crippen LogP contribution in [0.5, 0.6) is 0 Å². The van der Waals surface area contributed by atoms with Gasteiger partial charge in [0.2, 0.25) is 0 Å². The lowest BCUT2D eigenvalue weighted by Crippen LogP contribution is -2.29. The third kappa shape index (κ3) is 4.87. The molecule has 1 amide bonds. The Balaban J connectivity index is 2.71. The van der Waals surface area contributed by atoms with Gasteiger partial charge in [0.05, 0.1) is 11.2 Å². The molecule has 1 heterocycles. The Morgan fingerprint density at radius 3 is 2.79 bits per heavy atom. The summed E-state index contributed by atoms with van der Waals surface area (Å²) in [7, 11) is -0.897. The number of nitrogens with zero attached hydrogens (tertiary/aromatic N) is 2. The van der Waals surface area contributed by atoms with E-state index >= 15 is 0 Å². The number of halogens is 1. The Kier molecular flexibility index (Phi) is 6.37. The average Bonchev–Trinajstić information content (AvgIpc) is 2.38. The van der Waals surface area contributed by atoms with E-state index in [-0.39, 0.29) is 22.5 Å². The minimum atomic E-state index is -0.897. The first-order valence-electron chi connectivity index (χ1n) is 6.11. The van der Waals surface area contributed by atoms with Crippen molar-refractivity contribution in [3.63, 3.8) is 0 Å². The molecule has 106 valence electrons. The lowest BCUT2D eigenvalue weighted by molar-refractivity contribution is 0.0951. The maximum atomic E-state index is 11.9. The second kappa shape index (κ2) is 7.55. The first kappa shape index (κ1) is 16.0. The number of carbonyl (C=O) groups excluding carboxylic acids is 1. The van der Waals surface area contributed by atoms with Crippen molar-refractivity contribution in [3.05, 3.63) is 22.7 Å². The van der Waals surface area contributed by atoms with Crippen molar-refractivity contribution in [1.82, 2.24) is 15.3 Å². The molecule has 0 saturated carbocycles. The summed E-state index contributed by atoms with van der Waals surface area (Å²) in [5.41, 5.74) is 0.169. The predicted molar refractivity (Wildman–Crippen MR) is 77.0 cm³/mol. The zero-order chi connectivity index (χ0) is 14.4.